The zero-order valence-corrected chi connectivity index (χ0v) is 10.2. The Morgan fingerprint density at radius 3 is 2.69 bits per heavy atom. The third-order valence-electron chi connectivity index (χ3n) is 2.85. The van der Waals surface area contributed by atoms with Crippen LogP contribution in [-0.2, 0) is 0 Å². The van der Waals surface area contributed by atoms with E-state index in [4.69, 9.17) is 10.2 Å². The average Bonchev–Trinajstić information content (AvgIpc) is 2.61. The molecule has 2 rings (SSSR count). The quantitative estimate of drug-likeness (QED) is 0.849. The lowest BCUT2D eigenvalue weighted by molar-refractivity contribution is 0.431. The number of rotatable bonds is 3. The number of para-hydroxylation sites is 1. The predicted octanol–water partition coefficient (Wildman–Crippen LogP) is 3.79. The van der Waals surface area contributed by atoms with Crippen LogP contribution in [0.3, 0.4) is 0 Å². The Morgan fingerprint density at radius 2 is 2.06 bits per heavy atom. The van der Waals surface area contributed by atoms with Crippen molar-refractivity contribution in [2.75, 3.05) is 0 Å². The van der Waals surface area contributed by atoms with Gasteiger partial charge in [-0.3, -0.25) is 0 Å². The summed E-state index contributed by atoms with van der Waals surface area (Å²) in [6.45, 7) is 6.41. The van der Waals surface area contributed by atoms with Crippen LogP contribution in [0, 0.1) is 12.8 Å². The van der Waals surface area contributed by atoms with Crippen molar-refractivity contribution in [3.8, 4) is 0 Å². The molecule has 1 heterocycles. The lowest BCUT2D eigenvalue weighted by atomic mass is 10.0. The van der Waals surface area contributed by atoms with Crippen molar-refractivity contribution in [2.24, 2.45) is 11.7 Å². The number of aryl methyl sites for hydroxylation is 1. The third-order valence-corrected chi connectivity index (χ3v) is 2.85. The van der Waals surface area contributed by atoms with E-state index in [-0.39, 0.29) is 6.04 Å². The topological polar surface area (TPSA) is 39.2 Å². The van der Waals surface area contributed by atoms with E-state index in [0.717, 1.165) is 23.2 Å². The molecule has 0 saturated heterocycles. The molecule has 86 valence electrons. The van der Waals surface area contributed by atoms with Crippen LogP contribution in [0.2, 0.25) is 0 Å². The van der Waals surface area contributed by atoms with Crippen LogP contribution in [0.4, 0.5) is 0 Å². The second kappa shape index (κ2) is 4.30. The first kappa shape index (κ1) is 11.2. The first-order valence-corrected chi connectivity index (χ1v) is 5.82. The maximum atomic E-state index is 6.12. The number of furan rings is 1. The van der Waals surface area contributed by atoms with Crippen molar-refractivity contribution in [1.29, 1.82) is 0 Å². The number of hydrogen-bond acceptors (Lipinski definition) is 2. The van der Waals surface area contributed by atoms with Crippen LogP contribution >= 0.6 is 0 Å². The summed E-state index contributed by atoms with van der Waals surface area (Å²) >= 11 is 0. The van der Waals surface area contributed by atoms with E-state index in [0.29, 0.717) is 5.92 Å². The number of benzene rings is 1. The molecule has 2 N–H and O–H groups in total. The molecule has 0 aliphatic heterocycles. The van der Waals surface area contributed by atoms with Crippen molar-refractivity contribution in [2.45, 2.75) is 33.2 Å². The number of nitrogens with two attached hydrogens (primary N) is 1. The maximum Gasteiger partial charge on any atom is 0.137 e. The van der Waals surface area contributed by atoms with Crippen molar-refractivity contribution in [3.05, 3.63) is 35.6 Å². The minimum atomic E-state index is 0.00630. The zero-order chi connectivity index (χ0) is 11.7. The molecule has 0 radical (unpaired) electrons. The normalized spacial score (nSPS) is 13.6. The van der Waals surface area contributed by atoms with Gasteiger partial charge in [-0.05, 0) is 30.9 Å². The van der Waals surface area contributed by atoms with Crippen LogP contribution in [0.1, 0.15) is 37.6 Å². The van der Waals surface area contributed by atoms with Crippen molar-refractivity contribution in [3.63, 3.8) is 0 Å². The molecule has 2 nitrogen and oxygen atoms in total. The van der Waals surface area contributed by atoms with Gasteiger partial charge in [0.2, 0.25) is 0 Å². The predicted molar refractivity (Wildman–Crippen MR) is 67.3 cm³/mol. The standard InChI is InChI=1S/C14H19NO/c1-9(2)7-12(15)13-8-11-6-4-5-10(3)14(11)16-13/h4-6,8-9,12H,7,15H2,1-3H3. The average molecular weight is 217 g/mol. The summed E-state index contributed by atoms with van der Waals surface area (Å²) < 4.78 is 5.84. The molecule has 0 bridgehead atoms. The molecule has 1 unspecified atom stereocenters. The molecule has 1 aromatic carbocycles. The Labute approximate surface area is 96.4 Å². The van der Waals surface area contributed by atoms with Crippen LogP contribution in [-0.4, -0.2) is 0 Å². The summed E-state index contributed by atoms with van der Waals surface area (Å²) in [6.07, 6.45) is 0.957. The molecule has 0 aliphatic rings. The largest absolute Gasteiger partial charge is 0.459 e. The van der Waals surface area contributed by atoms with E-state index in [9.17, 15) is 0 Å². The Kier molecular flexibility index (Phi) is 3.01. The maximum absolute atomic E-state index is 6.12. The number of hydrogen-bond donors (Lipinski definition) is 1. The second-order valence-corrected chi connectivity index (χ2v) is 4.88. The first-order valence-electron chi connectivity index (χ1n) is 5.82. The molecule has 2 heteroatoms. The zero-order valence-electron chi connectivity index (χ0n) is 10.2. The highest BCUT2D eigenvalue weighted by molar-refractivity contribution is 5.80. The van der Waals surface area contributed by atoms with Gasteiger partial charge in [0.25, 0.3) is 0 Å². The van der Waals surface area contributed by atoms with Gasteiger partial charge in [0.1, 0.15) is 11.3 Å². The monoisotopic (exact) mass is 217 g/mol. The van der Waals surface area contributed by atoms with Gasteiger partial charge in [-0.15, -0.1) is 0 Å². The van der Waals surface area contributed by atoms with Crippen molar-refractivity contribution >= 4 is 11.0 Å². The molecular weight excluding hydrogens is 198 g/mol. The summed E-state index contributed by atoms with van der Waals surface area (Å²) in [5.74, 6) is 1.49. The molecule has 0 fully saturated rings. The van der Waals surface area contributed by atoms with Gasteiger partial charge in [-0.2, -0.15) is 0 Å². The van der Waals surface area contributed by atoms with Crippen LogP contribution in [0.15, 0.2) is 28.7 Å². The molecule has 2 aromatic rings. The van der Waals surface area contributed by atoms with Gasteiger partial charge in [0.15, 0.2) is 0 Å². The Balaban J connectivity index is 2.36. The van der Waals surface area contributed by atoms with Gasteiger partial charge in [0, 0.05) is 5.39 Å². The smallest absolute Gasteiger partial charge is 0.137 e. The number of fused-ring (bicyclic) bond motifs is 1. The van der Waals surface area contributed by atoms with Gasteiger partial charge in [-0.1, -0.05) is 32.0 Å². The molecule has 0 amide bonds. The van der Waals surface area contributed by atoms with Crippen LogP contribution in [0.25, 0.3) is 11.0 Å². The molecule has 0 saturated carbocycles. The van der Waals surface area contributed by atoms with Crippen molar-refractivity contribution < 1.29 is 4.42 Å². The fraction of sp³-hybridized carbons (Fsp3) is 0.429. The van der Waals surface area contributed by atoms with E-state index < -0.39 is 0 Å². The highest BCUT2D eigenvalue weighted by Gasteiger charge is 2.14. The Bertz CT molecular complexity index is 484. The van der Waals surface area contributed by atoms with Gasteiger partial charge < -0.3 is 10.2 Å². The lowest BCUT2D eigenvalue weighted by Crippen LogP contribution is -2.11. The molecule has 0 spiro atoms. The van der Waals surface area contributed by atoms with Crippen molar-refractivity contribution in [1.82, 2.24) is 0 Å². The summed E-state index contributed by atoms with van der Waals surface area (Å²) in [6, 6.07) is 8.24. The fourth-order valence-electron chi connectivity index (χ4n) is 2.04. The van der Waals surface area contributed by atoms with Crippen LogP contribution < -0.4 is 5.73 Å². The van der Waals surface area contributed by atoms with E-state index in [1.165, 1.54) is 5.56 Å². The van der Waals surface area contributed by atoms with E-state index in [1.54, 1.807) is 0 Å². The third kappa shape index (κ3) is 2.12. The van der Waals surface area contributed by atoms with E-state index in [1.807, 2.05) is 6.07 Å². The minimum Gasteiger partial charge on any atom is -0.459 e. The molecule has 16 heavy (non-hydrogen) atoms. The molecule has 1 aromatic heterocycles. The van der Waals surface area contributed by atoms with Gasteiger partial charge >= 0.3 is 0 Å². The SMILES string of the molecule is Cc1cccc2cc(C(N)CC(C)C)oc12. The molecular formula is C14H19NO. The van der Waals surface area contributed by atoms with Crippen LogP contribution in [0.5, 0.6) is 0 Å². The summed E-state index contributed by atoms with van der Waals surface area (Å²) in [5.41, 5.74) is 8.25. The highest BCUT2D eigenvalue weighted by Crippen LogP contribution is 2.27. The Hall–Kier alpha value is -1.28. The fourth-order valence-corrected chi connectivity index (χ4v) is 2.04. The molecule has 1 atom stereocenters. The highest BCUT2D eigenvalue weighted by atomic mass is 16.3. The summed E-state index contributed by atoms with van der Waals surface area (Å²) in [7, 11) is 0. The first-order chi connectivity index (χ1) is 7.58. The van der Waals surface area contributed by atoms with Gasteiger partial charge in [-0.25, -0.2) is 0 Å². The van der Waals surface area contributed by atoms with Gasteiger partial charge in [0.05, 0.1) is 6.04 Å². The minimum absolute atomic E-state index is 0.00630. The van der Waals surface area contributed by atoms with E-state index >= 15 is 0 Å². The Morgan fingerprint density at radius 1 is 1.31 bits per heavy atom. The summed E-state index contributed by atoms with van der Waals surface area (Å²) in [5, 5.41) is 1.15. The molecule has 0 aliphatic carbocycles. The lowest BCUT2D eigenvalue weighted by Gasteiger charge is -2.10. The second-order valence-electron chi connectivity index (χ2n) is 4.88. The summed E-state index contributed by atoms with van der Waals surface area (Å²) in [4.78, 5) is 0. The van der Waals surface area contributed by atoms with E-state index in [2.05, 4.69) is 39.0 Å².